The van der Waals surface area contributed by atoms with Gasteiger partial charge in [-0.25, -0.2) is 13.4 Å². The molecule has 1 heterocycles. The van der Waals surface area contributed by atoms with E-state index in [4.69, 9.17) is 5.73 Å². The van der Waals surface area contributed by atoms with Crippen molar-refractivity contribution < 1.29 is 13.2 Å². The molecule has 6 nitrogen and oxygen atoms in total. The van der Waals surface area contributed by atoms with E-state index in [9.17, 15) is 13.2 Å². The van der Waals surface area contributed by atoms with Crippen LogP contribution in [0.4, 0.5) is 5.69 Å². The normalized spacial score (nSPS) is 12.2. The van der Waals surface area contributed by atoms with Crippen molar-refractivity contribution in [3.8, 4) is 0 Å². The van der Waals surface area contributed by atoms with Gasteiger partial charge in [-0.1, -0.05) is 13.8 Å². The van der Waals surface area contributed by atoms with Gasteiger partial charge in [0.05, 0.1) is 11.9 Å². The van der Waals surface area contributed by atoms with Crippen molar-refractivity contribution >= 4 is 21.4 Å². The first-order valence-corrected chi connectivity index (χ1v) is 8.69. The quantitative estimate of drug-likeness (QED) is 0.795. The number of pyridine rings is 1. The molecule has 0 bridgehead atoms. The van der Waals surface area contributed by atoms with Crippen LogP contribution in [0.1, 0.15) is 33.1 Å². The van der Waals surface area contributed by atoms with E-state index in [1.54, 1.807) is 0 Å². The molecule has 0 aromatic carbocycles. The molecule has 0 spiro atoms. The molecule has 0 atom stereocenters. The highest BCUT2D eigenvalue weighted by Crippen LogP contribution is 2.26. The molecule has 3 N–H and O–H groups in total. The lowest BCUT2D eigenvalue weighted by Gasteiger charge is -2.23. The highest BCUT2D eigenvalue weighted by Gasteiger charge is 2.18. The number of nitrogens with one attached hydrogen (secondary N) is 1. The second-order valence-corrected chi connectivity index (χ2v) is 7.87. The Balaban J connectivity index is 2.56. The molecule has 1 aromatic rings. The summed E-state index contributed by atoms with van der Waals surface area (Å²) in [6.07, 6.45) is 4.43. The van der Waals surface area contributed by atoms with Crippen molar-refractivity contribution in [2.45, 2.75) is 38.1 Å². The van der Waals surface area contributed by atoms with Crippen LogP contribution in [0.3, 0.4) is 0 Å². The number of hydrogen-bond acceptors (Lipinski definition) is 5. The van der Waals surface area contributed by atoms with Gasteiger partial charge in [-0.2, -0.15) is 0 Å². The second kappa shape index (κ2) is 7.00. The van der Waals surface area contributed by atoms with E-state index in [0.29, 0.717) is 18.7 Å². The third kappa shape index (κ3) is 6.22. The standard InChI is InChI=1S/C14H23N3O3S/c1-14(2,8-9-15)7-6-12(18)17-11-4-5-13(16-10-11)21(3,19)20/h4-5,10H,6-9,15H2,1-3H3,(H,17,18). The summed E-state index contributed by atoms with van der Waals surface area (Å²) in [6, 6.07) is 2.91. The van der Waals surface area contributed by atoms with Gasteiger partial charge in [0.15, 0.2) is 14.9 Å². The van der Waals surface area contributed by atoms with E-state index in [0.717, 1.165) is 19.1 Å². The van der Waals surface area contributed by atoms with Gasteiger partial charge in [0.1, 0.15) is 0 Å². The molecule has 0 fully saturated rings. The van der Waals surface area contributed by atoms with Crippen LogP contribution in [-0.4, -0.2) is 32.1 Å². The molecule has 0 aliphatic heterocycles. The maximum Gasteiger partial charge on any atom is 0.224 e. The smallest absolute Gasteiger partial charge is 0.224 e. The summed E-state index contributed by atoms with van der Waals surface area (Å²) in [6.45, 7) is 4.76. The van der Waals surface area contributed by atoms with Gasteiger partial charge < -0.3 is 11.1 Å². The van der Waals surface area contributed by atoms with Gasteiger partial charge in [-0.3, -0.25) is 4.79 Å². The average Bonchev–Trinajstić information content (AvgIpc) is 2.36. The summed E-state index contributed by atoms with van der Waals surface area (Å²) in [5, 5.41) is 2.70. The zero-order chi connectivity index (χ0) is 16.1. The average molecular weight is 313 g/mol. The van der Waals surface area contributed by atoms with E-state index in [1.807, 2.05) is 0 Å². The molecule has 0 saturated carbocycles. The first kappa shape index (κ1) is 17.6. The number of carbonyl (C=O) groups excluding carboxylic acids is 1. The monoisotopic (exact) mass is 313 g/mol. The van der Waals surface area contributed by atoms with E-state index in [2.05, 4.69) is 24.1 Å². The first-order chi connectivity index (χ1) is 9.64. The lowest BCUT2D eigenvalue weighted by Crippen LogP contribution is -2.20. The molecule has 1 amide bonds. The predicted octanol–water partition coefficient (Wildman–Crippen LogP) is 1.58. The topological polar surface area (TPSA) is 102 Å². The Labute approximate surface area is 126 Å². The van der Waals surface area contributed by atoms with Gasteiger partial charge >= 0.3 is 0 Å². The van der Waals surface area contributed by atoms with Crippen LogP contribution >= 0.6 is 0 Å². The molecule has 0 aliphatic rings. The SMILES string of the molecule is CC(C)(CCN)CCC(=O)Nc1ccc(S(C)(=O)=O)nc1. The molecule has 0 saturated heterocycles. The third-order valence-electron chi connectivity index (χ3n) is 3.25. The number of sulfone groups is 1. The second-order valence-electron chi connectivity index (χ2n) is 5.91. The highest BCUT2D eigenvalue weighted by atomic mass is 32.2. The molecule has 118 valence electrons. The van der Waals surface area contributed by atoms with Gasteiger partial charge in [0.2, 0.25) is 5.91 Å². The summed E-state index contributed by atoms with van der Waals surface area (Å²) in [5.74, 6) is -0.117. The Kier molecular flexibility index (Phi) is 5.86. The molecule has 1 rings (SSSR count). The Morgan fingerprint density at radius 3 is 2.48 bits per heavy atom. The number of carbonyl (C=O) groups is 1. The molecule has 7 heteroatoms. The van der Waals surface area contributed by atoms with Gasteiger partial charge in [-0.15, -0.1) is 0 Å². The van der Waals surface area contributed by atoms with Crippen molar-refractivity contribution in [2.24, 2.45) is 11.1 Å². The molecule has 21 heavy (non-hydrogen) atoms. The van der Waals surface area contributed by atoms with Crippen molar-refractivity contribution in [3.63, 3.8) is 0 Å². The molecule has 1 aromatic heterocycles. The van der Waals surface area contributed by atoms with Crippen molar-refractivity contribution in [2.75, 3.05) is 18.1 Å². The lowest BCUT2D eigenvalue weighted by molar-refractivity contribution is -0.116. The molecule has 0 aliphatic carbocycles. The number of hydrogen-bond donors (Lipinski definition) is 2. The number of nitrogens with zero attached hydrogens (tertiary/aromatic N) is 1. The van der Waals surface area contributed by atoms with Crippen LogP contribution in [0, 0.1) is 5.41 Å². The first-order valence-electron chi connectivity index (χ1n) is 6.80. The van der Waals surface area contributed by atoms with Crippen LogP contribution in [0.15, 0.2) is 23.4 Å². The largest absolute Gasteiger partial charge is 0.330 e. The minimum absolute atomic E-state index is 0.00965. The van der Waals surface area contributed by atoms with Gasteiger partial charge in [0, 0.05) is 12.7 Å². The minimum Gasteiger partial charge on any atom is -0.330 e. The Bertz CT molecular complexity index is 580. The molecule has 0 unspecified atom stereocenters. The van der Waals surface area contributed by atoms with Crippen LogP contribution < -0.4 is 11.1 Å². The maximum absolute atomic E-state index is 11.9. The fraction of sp³-hybridized carbons (Fsp3) is 0.571. The number of rotatable bonds is 7. The number of amides is 1. The van der Waals surface area contributed by atoms with Gasteiger partial charge in [-0.05, 0) is 36.9 Å². The Morgan fingerprint density at radius 1 is 1.33 bits per heavy atom. The van der Waals surface area contributed by atoms with Crippen molar-refractivity contribution in [1.82, 2.24) is 4.98 Å². The predicted molar refractivity (Wildman–Crippen MR) is 82.7 cm³/mol. The van der Waals surface area contributed by atoms with Gasteiger partial charge in [0.25, 0.3) is 0 Å². The Hall–Kier alpha value is -1.47. The Morgan fingerprint density at radius 2 is 2.00 bits per heavy atom. The van der Waals surface area contributed by atoms with Crippen LogP contribution in [0.25, 0.3) is 0 Å². The zero-order valence-electron chi connectivity index (χ0n) is 12.7. The van der Waals surface area contributed by atoms with Crippen molar-refractivity contribution in [3.05, 3.63) is 18.3 Å². The number of nitrogens with two attached hydrogens (primary N) is 1. The molecular formula is C14H23N3O3S. The van der Waals surface area contributed by atoms with Crippen LogP contribution in [-0.2, 0) is 14.6 Å². The van der Waals surface area contributed by atoms with E-state index >= 15 is 0 Å². The van der Waals surface area contributed by atoms with Crippen molar-refractivity contribution in [1.29, 1.82) is 0 Å². The van der Waals surface area contributed by atoms with Crippen LogP contribution in [0.2, 0.25) is 0 Å². The zero-order valence-corrected chi connectivity index (χ0v) is 13.5. The lowest BCUT2D eigenvalue weighted by atomic mass is 9.84. The summed E-state index contributed by atoms with van der Waals surface area (Å²) in [4.78, 5) is 15.7. The summed E-state index contributed by atoms with van der Waals surface area (Å²) < 4.78 is 22.6. The van der Waals surface area contributed by atoms with E-state index in [1.165, 1.54) is 18.3 Å². The fourth-order valence-electron chi connectivity index (χ4n) is 1.86. The molecule has 0 radical (unpaired) electrons. The fourth-order valence-corrected chi connectivity index (χ4v) is 2.42. The highest BCUT2D eigenvalue weighted by molar-refractivity contribution is 7.90. The minimum atomic E-state index is -3.32. The maximum atomic E-state index is 11.9. The summed E-state index contributed by atoms with van der Waals surface area (Å²) >= 11 is 0. The number of aromatic nitrogens is 1. The van der Waals surface area contributed by atoms with E-state index in [-0.39, 0.29) is 16.3 Å². The molecular weight excluding hydrogens is 290 g/mol. The van der Waals surface area contributed by atoms with Crippen LogP contribution in [0.5, 0.6) is 0 Å². The summed E-state index contributed by atoms with van der Waals surface area (Å²) in [5.41, 5.74) is 6.06. The summed E-state index contributed by atoms with van der Waals surface area (Å²) in [7, 11) is -3.32. The third-order valence-corrected chi connectivity index (χ3v) is 4.25. The van der Waals surface area contributed by atoms with E-state index < -0.39 is 9.84 Å². The number of anilines is 1.